The summed E-state index contributed by atoms with van der Waals surface area (Å²) in [5, 5.41) is 2.89. The minimum Gasteiger partial charge on any atom is -0.496 e. The molecule has 0 amide bonds. The lowest BCUT2D eigenvalue weighted by atomic mass is 10.1. The summed E-state index contributed by atoms with van der Waals surface area (Å²) in [6, 6.07) is 7.31. The van der Waals surface area contributed by atoms with E-state index in [9.17, 15) is 13.2 Å². The standard InChI is InChI=1S/C17H17ClF3NO4/c1-23-11-7-15(24-2)12(16(8-11)25-3)9-22-10-4-5-14(13(18)6-10)26-17(19,20)21/h4-8,22H,9H2,1-3H3. The van der Waals surface area contributed by atoms with Gasteiger partial charge in [-0.3, -0.25) is 0 Å². The first-order valence-electron chi connectivity index (χ1n) is 7.35. The van der Waals surface area contributed by atoms with Gasteiger partial charge in [-0.05, 0) is 18.2 Å². The Balaban J connectivity index is 2.20. The van der Waals surface area contributed by atoms with Crippen LogP contribution in [-0.2, 0) is 6.54 Å². The van der Waals surface area contributed by atoms with Gasteiger partial charge in [0.05, 0.1) is 31.9 Å². The molecule has 5 nitrogen and oxygen atoms in total. The lowest BCUT2D eigenvalue weighted by Crippen LogP contribution is -2.17. The second kappa shape index (κ2) is 8.27. The molecule has 2 rings (SSSR count). The van der Waals surface area contributed by atoms with Crippen LogP contribution >= 0.6 is 11.6 Å². The summed E-state index contributed by atoms with van der Waals surface area (Å²) in [6.45, 7) is 0.284. The number of methoxy groups -OCH3 is 3. The first-order valence-corrected chi connectivity index (χ1v) is 7.73. The van der Waals surface area contributed by atoms with E-state index in [1.165, 1.54) is 33.5 Å². The number of halogens is 4. The molecule has 0 aromatic heterocycles. The third-order valence-electron chi connectivity index (χ3n) is 3.44. The van der Waals surface area contributed by atoms with Gasteiger partial charge in [0.1, 0.15) is 23.0 Å². The zero-order valence-corrected chi connectivity index (χ0v) is 15.0. The molecule has 0 aliphatic carbocycles. The Hall–Kier alpha value is -2.48. The summed E-state index contributed by atoms with van der Waals surface area (Å²) in [5.74, 6) is 1.18. The van der Waals surface area contributed by atoms with Gasteiger partial charge in [0, 0.05) is 24.4 Å². The van der Waals surface area contributed by atoms with Crippen LogP contribution in [-0.4, -0.2) is 27.7 Å². The van der Waals surface area contributed by atoms with Crippen LogP contribution in [0.15, 0.2) is 30.3 Å². The third-order valence-corrected chi connectivity index (χ3v) is 3.74. The molecule has 0 radical (unpaired) electrons. The van der Waals surface area contributed by atoms with E-state index in [0.29, 0.717) is 28.5 Å². The van der Waals surface area contributed by atoms with Gasteiger partial charge in [-0.25, -0.2) is 0 Å². The molecule has 0 aliphatic rings. The third kappa shape index (κ3) is 5.01. The van der Waals surface area contributed by atoms with Crippen molar-refractivity contribution in [3.63, 3.8) is 0 Å². The molecule has 0 saturated heterocycles. The van der Waals surface area contributed by atoms with Crippen molar-refractivity contribution in [2.45, 2.75) is 12.9 Å². The van der Waals surface area contributed by atoms with Crippen LogP contribution in [0.1, 0.15) is 5.56 Å². The zero-order valence-electron chi connectivity index (χ0n) is 14.2. The van der Waals surface area contributed by atoms with E-state index in [4.69, 9.17) is 25.8 Å². The number of benzene rings is 2. The first-order chi connectivity index (χ1) is 12.3. The Kier molecular flexibility index (Phi) is 6.31. The second-order valence-electron chi connectivity index (χ2n) is 5.06. The quantitative estimate of drug-likeness (QED) is 0.729. The fourth-order valence-corrected chi connectivity index (χ4v) is 2.48. The summed E-state index contributed by atoms with van der Waals surface area (Å²) in [5.41, 5.74) is 1.21. The number of anilines is 1. The zero-order chi connectivity index (χ0) is 19.3. The molecule has 2 aromatic carbocycles. The highest BCUT2D eigenvalue weighted by atomic mass is 35.5. The molecule has 0 heterocycles. The smallest absolute Gasteiger partial charge is 0.496 e. The Morgan fingerprint density at radius 2 is 1.54 bits per heavy atom. The monoisotopic (exact) mass is 391 g/mol. The second-order valence-corrected chi connectivity index (χ2v) is 5.46. The molecule has 0 spiro atoms. The van der Waals surface area contributed by atoms with Gasteiger partial charge in [-0.15, -0.1) is 13.2 Å². The highest BCUT2D eigenvalue weighted by Crippen LogP contribution is 2.36. The van der Waals surface area contributed by atoms with E-state index < -0.39 is 12.1 Å². The molecule has 0 aliphatic heterocycles. The molecule has 0 unspecified atom stereocenters. The molecule has 0 fully saturated rings. The Morgan fingerprint density at radius 3 is 2.00 bits per heavy atom. The van der Waals surface area contributed by atoms with Gasteiger partial charge in [0.25, 0.3) is 0 Å². The number of rotatable bonds is 7. The molecule has 2 aromatic rings. The minimum atomic E-state index is -4.80. The van der Waals surface area contributed by atoms with Gasteiger partial charge < -0.3 is 24.3 Å². The minimum absolute atomic E-state index is 0.166. The van der Waals surface area contributed by atoms with Gasteiger partial charge >= 0.3 is 6.36 Å². The van der Waals surface area contributed by atoms with E-state index in [0.717, 1.165) is 6.07 Å². The molecule has 142 valence electrons. The van der Waals surface area contributed by atoms with Crippen molar-refractivity contribution in [2.75, 3.05) is 26.6 Å². The maximum atomic E-state index is 12.3. The van der Waals surface area contributed by atoms with Crippen molar-refractivity contribution in [2.24, 2.45) is 0 Å². The van der Waals surface area contributed by atoms with Crippen LogP contribution in [0.3, 0.4) is 0 Å². The summed E-state index contributed by atoms with van der Waals surface area (Å²) in [6.07, 6.45) is -4.80. The van der Waals surface area contributed by atoms with E-state index in [-0.39, 0.29) is 11.6 Å². The van der Waals surface area contributed by atoms with Gasteiger partial charge in [0.2, 0.25) is 0 Å². The maximum Gasteiger partial charge on any atom is 0.573 e. The van der Waals surface area contributed by atoms with E-state index >= 15 is 0 Å². The molecule has 0 atom stereocenters. The number of hydrogen-bond donors (Lipinski definition) is 1. The van der Waals surface area contributed by atoms with Crippen LogP contribution in [0.25, 0.3) is 0 Å². The topological polar surface area (TPSA) is 49.0 Å². The van der Waals surface area contributed by atoms with Crippen molar-refractivity contribution >= 4 is 17.3 Å². The van der Waals surface area contributed by atoms with Gasteiger partial charge in [0.15, 0.2) is 0 Å². The van der Waals surface area contributed by atoms with E-state index in [1.54, 1.807) is 12.1 Å². The number of nitrogens with one attached hydrogen (secondary N) is 1. The Labute approximate surface area is 153 Å². The van der Waals surface area contributed by atoms with Crippen LogP contribution in [0.2, 0.25) is 5.02 Å². The molecular weight excluding hydrogens is 375 g/mol. The maximum absolute atomic E-state index is 12.3. The largest absolute Gasteiger partial charge is 0.573 e. The first kappa shape index (κ1) is 19.8. The lowest BCUT2D eigenvalue weighted by Gasteiger charge is -2.16. The Bertz CT molecular complexity index is 743. The highest BCUT2D eigenvalue weighted by Gasteiger charge is 2.32. The SMILES string of the molecule is COc1cc(OC)c(CNc2ccc(OC(F)(F)F)c(Cl)c2)c(OC)c1. The van der Waals surface area contributed by atoms with Crippen molar-refractivity contribution < 1.29 is 32.1 Å². The van der Waals surface area contributed by atoms with Crippen molar-refractivity contribution in [3.05, 3.63) is 40.9 Å². The fourth-order valence-electron chi connectivity index (χ4n) is 2.26. The van der Waals surface area contributed by atoms with E-state index in [1.807, 2.05) is 0 Å². The van der Waals surface area contributed by atoms with Gasteiger partial charge in [-0.1, -0.05) is 11.6 Å². The van der Waals surface area contributed by atoms with Crippen LogP contribution in [0, 0.1) is 0 Å². The molecular formula is C17H17ClF3NO4. The normalized spacial score (nSPS) is 11.0. The summed E-state index contributed by atoms with van der Waals surface area (Å²) < 4.78 is 56.6. The molecule has 0 bridgehead atoms. The van der Waals surface area contributed by atoms with Crippen molar-refractivity contribution in [1.82, 2.24) is 0 Å². The van der Waals surface area contributed by atoms with Crippen molar-refractivity contribution in [3.8, 4) is 23.0 Å². The number of alkyl halides is 3. The number of hydrogen-bond acceptors (Lipinski definition) is 5. The van der Waals surface area contributed by atoms with Crippen LogP contribution < -0.4 is 24.3 Å². The summed E-state index contributed by atoms with van der Waals surface area (Å²) in [4.78, 5) is 0. The summed E-state index contributed by atoms with van der Waals surface area (Å²) >= 11 is 5.84. The molecule has 1 N–H and O–H groups in total. The Morgan fingerprint density at radius 1 is 0.923 bits per heavy atom. The average molecular weight is 392 g/mol. The highest BCUT2D eigenvalue weighted by molar-refractivity contribution is 6.32. The predicted octanol–water partition coefficient (Wildman–Crippen LogP) is 4.88. The fraction of sp³-hybridized carbons (Fsp3) is 0.294. The van der Waals surface area contributed by atoms with Crippen LogP contribution in [0.4, 0.5) is 18.9 Å². The van der Waals surface area contributed by atoms with Crippen LogP contribution in [0.5, 0.6) is 23.0 Å². The van der Waals surface area contributed by atoms with Gasteiger partial charge in [-0.2, -0.15) is 0 Å². The average Bonchev–Trinajstić information content (AvgIpc) is 2.60. The predicted molar refractivity (Wildman–Crippen MR) is 91.6 cm³/mol. The molecule has 0 saturated carbocycles. The van der Waals surface area contributed by atoms with Crippen molar-refractivity contribution in [1.29, 1.82) is 0 Å². The molecule has 26 heavy (non-hydrogen) atoms. The van der Waals surface area contributed by atoms with E-state index in [2.05, 4.69) is 10.1 Å². The number of ether oxygens (including phenoxy) is 4. The summed E-state index contributed by atoms with van der Waals surface area (Å²) in [7, 11) is 4.55. The lowest BCUT2D eigenvalue weighted by molar-refractivity contribution is -0.274. The molecule has 9 heteroatoms.